The molecule has 4 rings (SSSR count). The van der Waals surface area contributed by atoms with Gasteiger partial charge in [0.15, 0.2) is 5.11 Å². The van der Waals surface area contributed by atoms with Gasteiger partial charge in [-0.05, 0) is 93.4 Å². The monoisotopic (exact) mass is 443 g/mol. The van der Waals surface area contributed by atoms with E-state index >= 15 is 0 Å². The SMILES string of the molecule is Cc1ccccc1-n1c(C)cc(/C=C2\C(=O)NC(=S)N(c3cccc(C)c3C)C2=O)c1C. The number of aryl methyl sites for hydroxylation is 3. The minimum absolute atomic E-state index is 0.0598. The summed E-state index contributed by atoms with van der Waals surface area (Å²) in [5.41, 5.74) is 7.74. The van der Waals surface area contributed by atoms with Crippen molar-refractivity contribution < 1.29 is 9.59 Å². The van der Waals surface area contributed by atoms with Crippen molar-refractivity contribution in [3.63, 3.8) is 0 Å². The first-order chi connectivity index (χ1) is 15.2. The van der Waals surface area contributed by atoms with Gasteiger partial charge in [-0.15, -0.1) is 0 Å². The number of carbonyl (C=O) groups is 2. The summed E-state index contributed by atoms with van der Waals surface area (Å²) < 4.78 is 2.14. The lowest BCUT2D eigenvalue weighted by molar-refractivity contribution is -0.122. The fourth-order valence-electron chi connectivity index (χ4n) is 4.13. The average Bonchev–Trinajstić information content (AvgIpc) is 3.01. The number of para-hydroxylation sites is 1. The Kier molecular flexibility index (Phi) is 5.57. The van der Waals surface area contributed by atoms with Crippen molar-refractivity contribution in [1.29, 1.82) is 0 Å². The first-order valence-electron chi connectivity index (χ1n) is 10.4. The van der Waals surface area contributed by atoms with Crippen LogP contribution in [0, 0.1) is 34.6 Å². The summed E-state index contributed by atoms with van der Waals surface area (Å²) in [5.74, 6) is -0.907. The molecule has 1 saturated heterocycles. The fraction of sp³-hybridized carbons (Fsp3) is 0.192. The molecule has 0 bridgehead atoms. The zero-order valence-electron chi connectivity index (χ0n) is 18.8. The number of benzene rings is 2. The summed E-state index contributed by atoms with van der Waals surface area (Å²) in [5, 5.41) is 2.77. The Morgan fingerprint density at radius 1 is 0.875 bits per heavy atom. The van der Waals surface area contributed by atoms with Gasteiger partial charge in [0.2, 0.25) is 0 Å². The molecule has 1 fully saturated rings. The first kappa shape index (κ1) is 21.7. The Labute approximate surface area is 193 Å². The Morgan fingerprint density at radius 2 is 1.53 bits per heavy atom. The molecule has 2 aromatic carbocycles. The van der Waals surface area contributed by atoms with E-state index in [1.54, 1.807) is 6.08 Å². The highest BCUT2D eigenvalue weighted by Gasteiger charge is 2.35. The molecule has 0 aliphatic carbocycles. The molecule has 1 aliphatic rings. The van der Waals surface area contributed by atoms with Crippen molar-refractivity contribution in [1.82, 2.24) is 9.88 Å². The summed E-state index contributed by atoms with van der Waals surface area (Å²) in [4.78, 5) is 27.6. The predicted octanol–water partition coefficient (Wildman–Crippen LogP) is 4.85. The molecule has 162 valence electrons. The summed E-state index contributed by atoms with van der Waals surface area (Å²) in [6, 6.07) is 15.8. The number of rotatable bonds is 3. The van der Waals surface area contributed by atoms with Gasteiger partial charge >= 0.3 is 0 Å². The van der Waals surface area contributed by atoms with Gasteiger partial charge in [0, 0.05) is 17.1 Å². The van der Waals surface area contributed by atoms with Gasteiger partial charge in [-0.1, -0.05) is 30.3 Å². The highest BCUT2D eigenvalue weighted by atomic mass is 32.1. The number of hydrogen-bond acceptors (Lipinski definition) is 3. The number of hydrogen-bond donors (Lipinski definition) is 1. The maximum absolute atomic E-state index is 13.4. The summed E-state index contributed by atoms with van der Waals surface area (Å²) in [6.07, 6.45) is 1.66. The third-order valence-electron chi connectivity index (χ3n) is 6.05. The molecule has 3 aromatic rings. The third-order valence-corrected chi connectivity index (χ3v) is 6.33. The Hall–Kier alpha value is -3.51. The molecule has 0 radical (unpaired) electrons. The molecule has 0 atom stereocenters. The number of amides is 2. The van der Waals surface area contributed by atoms with Crippen LogP contribution in [-0.4, -0.2) is 21.5 Å². The Balaban J connectivity index is 1.81. The van der Waals surface area contributed by atoms with Gasteiger partial charge in [0.1, 0.15) is 5.57 Å². The first-order valence-corrected chi connectivity index (χ1v) is 10.8. The lowest BCUT2D eigenvalue weighted by atomic mass is 10.0. The Bertz CT molecular complexity index is 1320. The van der Waals surface area contributed by atoms with Crippen LogP contribution < -0.4 is 10.2 Å². The highest BCUT2D eigenvalue weighted by molar-refractivity contribution is 7.80. The van der Waals surface area contributed by atoms with E-state index in [0.29, 0.717) is 5.69 Å². The standard InChI is InChI=1S/C26H25N3O2S/c1-15-10-8-12-23(18(15)4)29-25(31)21(24(30)27-26(29)32)14-20-13-17(3)28(19(20)5)22-11-7-6-9-16(22)2/h6-14H,1-5H3,(H,27,30,32)/b21-14+. The second kappa shape index (κ2) is 8.20. The molecule has 2 heterocycles. The highest BCUT2D eigenvalue weighted by Crippen LogP contribution is 2.29. The smallest absolute Gasteiger partial charge is 0.270 e. The fourth-order valence-corrected chi connectivity index (χ4v) is 4.40. The van der Waals surface area contributed by atoms with Crippen molar-refractivity contribution >= 4 is 40.9 Å². The van der Waals surface area contributed by atoms with Gasteiger partial charge in [-0.2, -0.15) is 0 Å². The van der Waals surface area contributed by atoms with Crippen LogP contribution in [0.4, 0.5) is 5.69 Å². The molecule has 6 heteroatoms. The molecular weight excluding hydrogens is 418 g/mol. The second-order valence-electron chi connectivity index (χ2n) is 8.13. The number of nitrogens with one attached hydrogen (secondary N) is 1. The molecule has 1 aliphatic heterocycles. The van der Waals surface area contributed by atoms with Crippen molar-refractivity contribution in [3.8, 4) is 5.69 Å². The molecular formula is C26H25N3O2S. The summed E-state index contributed by atoms with van der Waals surface area (Å²) in [7, 11) is 0. The maximum Gasteiger partial charge on any atom is 0.270 e. The number of anilines is 1. The minimum atomic E-state index is -0.484. The zero-order chi connectivity index (χ0) is 23.2. The largest absolute Gasteiger partial charge is 0.318 e. The van der Waals surface area contributed by atoms with Crippen LogP contribution in [0.1, 0.15) is 33.6 Å². The van der Waals surface area contributed by atoms with Crippen LogP contribution >= 0.6 is 12.2 Å². The number of thiocarbonyl (C=S) groups is 1. The van der Waals surface area contributed by atoms with Crippen molar-refractivity contribution in [2.24, 2.45) is 0 Å². The van der Waals surface area contributed by atoms with Crippen LogP contribution in [0.15, 0.2) is 54.1 Å². The van der Waals surface area contributed by atoms with Crippen LogP contribution in [0.2, 0.25) is 0 Å². The normalized spacial score (nSPS) is 15.5. The molecule has 5 nitrogen and oxygen atoms in total. The van der Waals surface area contributed by atoms with E-state index < -0.39 is 11.8 Å². The molecule has 1 aromatic heterocycles. The van der Waals surface area contributed by atoms with E-state index in [0.717, 1.165) is 39.3 Å². The second-order valence-corrected chi connectivity index (χ2v) is 8.51. The third kappa shape index (κ3) is 3.56. The van der Waals surface area contributed by atoms with Crippen LogP contribution in [0.3, 0.4) is 0 Å². The number of carbonyl (C=O) groups excluding carboxylic acids is 2. The van der Waals surface area contributed by atoms with Crippen LogP contribution in [0.5, 0.6) is 0 Å². The molecule has 32 heavy (non-hydrogen) atoms. The molecule has 2 amide bonds. The molecule has 0 spiro atoms. The summed E-state index contributed by atoms with van der Waals surface area (Å²) in [6.45, 7) is 9.99. The van der Waals surface area contributed by atoms with E-state index in [2.05, 4.69) is 28.9 Å². The molecule has 1 N–H and O–H groups in total. The van der Waals surface area contributed by atoms with E-state index in [1.165, 1.54) is 4.90 Å². The Morgan fingerprint density at radius 3 is 2.25 bits per heavy atom. The van der Waals surface area contributed by atoms with Crippen molar-refractivity contribution in [2.75, 3.05) is 4.90 Å². The van der Waals surface area contributed by atoms with Crippen LogP contribution in [-0.2, 0) is 9.59 Å². The lowest BCUT2D eigenvalue weighted by Gasteiger charge is -2.30. The average molecular weight is 444 g/mol. The molecule has 0 saturated carbocycles. The zero-order valence-corrected chi connectivity index (χ0v) is 19.6. The van der Waals surface area contributed by atoms with E-state index in [4.69, 9.17) is 12.2 Å². The van der Waals surface area contributed by atoms with Gasteiger partial charge in [-0.3, -0.25) is 19.8 Å². The van der Waals surface area contributed by atoms with E-state index in [1.807, 2.05) is 64.1 Å². The molecule has 0 unspecified atom stereocenters. The van der Waals surface area contributed by atoms with Crippen molar-refractivity contribution in [3.05, 3.63) is 87.7 Å². The van der Waals surface area contributed by atoms with E-state index in [-0.39, 0.29) is 10.7 Å². The van der Waals surface area contributed by atoms with Crippen molar-refractivity contribution in [2.45, 2.75) is 34.6 Å². The van der Waals surface area contributed by atoms with Gasteiger partial charge in [0.25, 0.3) is 11.8 Å². The van der Waals surface area contributed by atoms with Crippen LogP contribution in [0.25, 0.3) is 11.8 Å². The van der Waals surface area contributed by atoms with Gasteiger partial charge < -0.3 is 4.57 Å². The topological polar surface area (TPSA) is 54.3 Å². The lowest BCUT2D eigenvalue weighted by Crippen LogP contribution is -2.54. The number of aromatic nitrogens is 1. The summed E-state index contributed by atoms with van der Waals surface area (Å²) >= 11 is 5.35. The maximum atomic E-state index is 13.4. The quantitative estimate of drug-likeness (QED) is 0.358. The van der Waals surface area contributed by atoms with E-state index in [9.17, 15) is 9.59 Å². The van der Waals surface area contributed by atoms with Gasteiger partial charge in [-0.25, -0.2) is 0 Å². The van der Waals surface area contributed by atoms with Gasteiger partial charge in [0.05, 0.1) is 5.69 Å². The number of nitrogens with zero attached hydrogens (tertiary/aromatic N) is 2. The minimum Gasteiger partial charge on any atom is -0.318 e. The predicted molar refractivity (Wildman–Crippen MR) is 132 cm³/mol.